The molecule has 0 saturated carbocycles. The van der Waals surface area contributed by atoms with Crippen molar-refractivity contribution in [3.63, 3.8) is 0 Å². The van der Waals surface area contributed by atoms with Crippen molar-refractivity contribution in [2.75, 3.05) is 52.7 Å². The van der Waals surface area contributed by atoms with E-state index in [1.165, 1.54) is 19.1 Å². The lowest BCUT2D eigenvalue weighted by Gasteiger charge is -2.42. The third-order valence-corrected chi connectivity index (χ3v) is 9.30. The summed E-state index contributed by atoms with van der Waals surface area (Å²) < 4.78 is 45.9. The number of aromatic nitrogens is 2. The van der Waals surface area contributed by atoms with Crippen molar-refractivity contribution in [2.45, 2.75) is 42.5 Å². The van der Waals surface area contributed by atoms with Gasteiger partial charge >= 0.3 is 0 Å². The molecule has 0 aliphatic carbocycles. The molecule has 37 heavy (non-hydrogen) atoms. The molecule has 200 valence electrons. The maximum Gasteiger partial charge on any atom is 0.175 e. The van der Waals surface area contributed by atoms with Gasteiger partial charge < -0.3 is 19.1 Å². The smallest absolute Gasteiger partial charge is 0.175 e. The molecule has 2 aliphatic rings. The van der Waals surface area contributed by atoms with Crippen molar-refractivity contribution >= 4 is 20.9 Å². The second kappa shape index (κ2) is 10.8. The summed E-state index contributed by atoms with van der Waals surface area (Å²) in [6.07, 6.45) is 5.65. The third-order valence-electron chi connectivity index (χ3n) is 8.17. The van der Waals surface area contributed by atoms with Crippen molar-refractivity contribution in [3.8, 4) is 11.4 Å². The number of imidazole rings is 1. The van der Waals surface area contributed by atoms with Gasteiger partial charge in [-0.3, -0.25) is 0 Å². The van der Waals surface area contributed by atoms with Gasteiger partial charge in [0.05, 0.1) is 17.0 Å². The molecule has 0 radical (unpaired) electrons. The summed E-state index contributed by atoms with van der Waals surface area (Å²) in [5.74, 6) is 0.696. The van der Waals surface area contributed by atoms with E-state index in [1.807, 2.05) is 6.07 Å². The predicted octanol–water partition coefficient (Wildman–Crippen LogP) is 4.07. The number of hydrogen-bond donors (Lipinski definition) is 0. The van der Waals surface area contributed by atoms with Crippen molar-refractivity contribution in [1.82, 2.24) is 19.4 Å². The van der Waals surface area contributed by atoms with E-state index in [9.17, 15) is 8.42 Å². The predicted molar refractivity (Wildman–Crippen MR) is 144 cm³/mol. The van der Waals surface area contributed by atoms with Gasteiger partial charge in [-0.2, -0.15) is 0 Å². The van der Waals surface area contributed by atoms with Gasteiger partial charge in [0.1, 0.15) is 17.2 Å². The Morgan fingerprint density at radius 1 is 1.03 bits per heavy atom. The molecule has 1 aromatic heterocycles. The van der Waals surface area contributed by atoms with Crippen LogP contribution in [0.3, 0.4) is 0 Å². The molecule has 0 N–H and O–H groups in total. The summed E-state index contributed by atoms with van der Waals surface area (Å²) in [5, 5.41) is 0. The zero-order valence-corrected chi connectivity index (χ0v) is 22.8. The van der Waals surface area contributed by atoms with E-state index in [0.717, 1.165) is 63.3 Å². The molecule has 0 atom stereocenters. The maximum atomic E-state index is 15.3. The number of halogens is 1. The molecular weight excluding hydrogens is 491 g/mol. The summed E-state index contributed by atoms with van der Waals surface area (Å²) in [6.45, 7) is 6.18. The van der Waals surface area contributed by atoms with E-state index in [0.29, 0.717) is 28.8 Å². The Labute approximate surface area is 219 Å². The standard InChI is InChI=1S/C28H37FN4O3S/c1-31-27-25(29)18-22(19-26(27)30-28(31)21-4-6-24(7-5-21)37(3,34)35)20-8-14-33(15-9-20)23-10-12-32(13-11-23)16-17-36-2/h4-7,18-20,23H,8-17H2,1-3H3. The number of likely N-dealkylation sites (tertiary alicyclic amines) is 2. The summed E-state index contributed by atoms with van der Waals surface area (Å²) in [7, 11) is 0.285. The second-order valence-corrected chi connectivity index (χ2v) is 12.6. The molecule has 9 heteroatoms. The van der Waals surface area contributed by atoms with E-state index in [1.54, 1.807) is 49.1 Å². The summed E-state index contributed by atoms with van der Waals surface area (Å²) in [5.41, 5.74) is 2.90. The Balaban J connectivity index is 1.28. The van der Waals surface area contributed by atoms with Crippen molar-refractivity contribution in [2.24, 2.45) is 7.05 Å². The molecule has 2 saturated heterocycles. The topological polar surface area (TPSA) is 67.7 Å². The Hall–Kier alpha value is -2.33. The fraction of sp³-hybridized carbons (Fsp3) is 0.536. The lowest BCUT2D eigenvalue weighted by atomic mass is 9.87. The quantitative estimate of drug-likeness (QED) is 0.461. The first kappa shape index (κ1) is 26.3. The largest absolute Gasteiger partial charge is 0.383 e. The Morgan fingerprint density at radius 3 is 2.32 bits per heavy atom. The van der Waals surface area contributed by atoms with Crippen LogP contribution in [0.15, 0.2) is 41.3 Å². The first-order valence-electron chi connectivity index (χ1n) is 13.2. The number of benzene rings is 2. The molecule has 2 aliphatic heterocycles. The van der Waals surface area contributed by atoms with Crippen LogP contribution < -0.4 is 0 Å². The van der Waals surface area contributed by atoms with E-state index >= 15 is 4.39 Å². The number of ether oxygens (including phenoxy) is 1. The van der Waals surface area contributed by atoms with Crippen LogP contribution in [0.2, 0.25) is 0 Å². The average Bonchev–Trinajstić information content (AvgIpc) is 3.24. The van der Waals surface area contributed by atoms with Crippen LogP contribution in [0.5, 0.6) is 0 Å². The first-order valence-corrected chi connectivity index (χ1v) is 15.1. The van der Waals surface area contributed by atoms with Gasteiger partial charge in [0.2, 0.25) is 0 Å². The molecule has 0 amide bonds. The molecule has 0 spiro atoms. The van der Waals surface area contributed by atoms with Crippen molar-refractivity contribution in [3.05, 3.63) is 47.8 Å². The fourth-order valence-corrected chi connectivity index (χ4v) is 6.62. The normalized spacial score (nSPS) is 19.1. The lowest BCUT2D eigenvalue weighted by Crippen LogP contribution is -2.48. The highest BCUT2D eigenvalue weighted by Gasteiger charge is 2.29. The minimum atomic E-state index is -3.28. The zero-order valence-electron chi connectivity index (χ0n) is 22.0. The Bertz CT molecular complexity index is 1340. The van der Waals surface area contributed by atoms with E-state index in [-0.39, 0.29) is 10.7 Å². The van der Waals surface area contributed by atoms with Crippen LogP contribution in [0, 0.1) is 5.82 Å². The summed E-state index contributed by atoms with van der Waals surface area (Å²) in [6, 6.07) is 11.0. The highest BCUT2D eigenvalue weighted by atomic mass is 32.2. The van der Waals surface area contributed by atoms with Gasteiger partial charge in [0.25, 0.3) is 0 Å². The molecule has 0 unspecified atom stereocenters. The highest BCUT2D eigenvalue weighted by molar-refractivity contribution is 7.90. The van der Waals surface area contributed by atoms with Gasteiger partial charge in [-0.15, -0.1) is 0 Å². The summed E-state index contributed by atoms with van der Waals surface area (Å²) >= 11 is 0. The van der Waals surface area contributed by atoms with Crippen LogP contribution in [-0.4, -0.2) is 86.5 Å². The highest BCUT2D eigenvalue weighted by Crippen LogP contribution is 2.34. The molecule has 5 rings (SSSR count). The molecule has 7 nitrogen and oxygen atoms in total. The van der Waals surface area contributed by atoms with Gasteiger partial charge in [0, 0.05) is 38.6 Å². The van der Waals surface area contributed by atoms with Crippen LogP contribution >= 0.6 is 0 Å². The Morgan fingerprint density at radius 2 is 1.70 bits per heavy atom. The zero-order chi connectivity index (χ0) is 26.2. The van der Waals surface area contributed by atoms with Crippen LogP contribution in [-0.2, 0) is 21.6 Å². The molecule has 3 aromatic rings. The molecular formula is C28H37FN4O3S. The van der Waals surface area contributed by atoms with Crippen LogP contribution in [0.4, 0.5) is 4.39 Å². The fourth-order valence-electron chi connectivity index (χ4n) is 5.99. The summed E-state index contributed by atoms with van der Waals surface area (Å²) in [4.78, 5) is 10.1. The van der Waals surface area contributed by atoms with Crippen LogP contribution in [0.1, 0.15) is 37.2 Å². The lowest BCUT2D eigenvalue weighted by molar-refractivity contribution is 0.0728. The van der Waals surface area contributed by atoms with E-state index < -0.39 is 9.84 Å². The number of aryl methyl sites for hydroxylation is 1. The number of rotatable bonds is 7. The molecule has 0 bridgehead atoms. The van der Waals surface area contributed by atoms with Gasteiger partial charge in [0.15, 0.2) is 9.84 Å². The SMILES string of the molecule is COCCN1CCC(N2CCC(c3cc(F)c4c(c3)nc(-c3ccc(S(C)(=O)=O)cc3)n4C)CC2)CC1. The number of sulfone groups is 1. The monoisotopic (exact) mass is 528 g/mol. The first-order chi connectivity index (χ1) is 17.7. The van der Waals surface area contributed by atoms with Gasteiger partial charge in [-0.25, -0.2) is 17.8 Å². The minimum absolute atomic E-state index is 0.256. The Kier molecular flexibility index (Phi) is 7.68. The average molecular weight is 529 g/mol. The number of hydrogen-bond acceptors (Lipinski definition) is 6. The molecule has 3 heterocycles. The number of piperidine rings is 2. The molecule has 2 aromatic carbocycles. The second-order valence-electron chi connectivity index (χ2n) is 10.5. The number of fused-ring (bicyclic) bond motifs is 1. The maximum absolute atomic E-state index is 15.3. The minimum Gasteiger partial charge on any atom is -0.383 e. The third kappa shape index (κ3) is 5.60. The van der Waals surface area contributed by atoms with Crippen molar-refractivity contribution < 1.29 is 17.5 Å². The van der Waals surface area contributed by atoms with Gasteiger partial charge in [-0.05, 0) is 99.7 Å². The van der Waals surface area contributed by atoms with E-state index in [4.69, 9.17) is 9.72 Å². The van der Waals surface area contributed by atoms with Gasteiger partial charge in [-0.1, -0.05) is 0 Å². The number of methoxy groups -OCH3 is 1. The molecule has 2 fully saturated rings. The van der Waals surface area contributed by atoms with E-state index in [2.05, 4.69) is 9.80 Å². The van der Waals surface area contributed by atoms with Crippen molar-refractivity contribution in [1.29, 1.82) is 0 Å². The van der Waals surface area contributed by atoms with Crippen LogP contribution in [0.25, 0.3) is 22.4 Å². The number of nitrogens with zero attached hydrogens (tertiary/aromatic N) is 4.